The Morgan fingerprint density at radius 2 is 1.67 bits per heavy atom. The highest BCUT2D eigenvalue weighted by Gasteiger charge is 2.55. The first-order chi connectivity index (χ1) is 11.5. The predicted molar refractivity (Wildman–Crippen MR) is 96.2 cm³/mol. The summed E-state index contributed by atoms with van der Waals surface area (Å²) in [6.07, 6.45) is 1.69. The molecule has 1 amide bonds. The van der Waals surface area contributed by atoms with Crippen molar-refractivity contribution in [1.29, 1.82) is 0 Å². The van der Waals surface area contributed by atoms with Gasteiger partial charge in [-0.2, -0.15) is 0 Å². The maximum Gasteiger partial charge on any atom is 0.224 e. The molecule has 2 N–H and O–H groups in total. The van der Waals surface area contributed by atoms with Crippen LogP contribution in [0.4, 0.5) is 0 Å². The van der Waals surface area contributed by atoms with E-state index in [0.29, 0.717) is 5.92 Å². The zero-order chi connectivity index (χ0) is 17.3. The fraction of sp³-hybridized carbons (Fsp3) is 0.381. The van der Waals surface area contributed by atoms with Gasteiger partial charge in [-0.05, 0) is 47.6 Å². The molecule has 0 spiro atoms. The number of primary amides is 1. The van der Waals surface area contributed by atoms with Crippen molar-refractivity contribution in [1.82, 2.24) is 0 Å². The maximum atomic E-state index is 12.2. The van der Waals surface area contributed by atoms with Crippen LogP contribution in [-0.4, -0.2) is 13.0 Å². The summed E-state index contributed by atoms with van der Waals surface area (Å²) in [6.45, 7) is 4.36. The van der Waals surface area contributed by atoms with E-state index in [4.69, 9.17) is 10.5 Å². The summed E-state index contributed by atoms with van der Waals surface area (Å²) in [5, 5.41) is 0. The Morgan fingerprint density at radius 1 is 1.04 bits per heavy atom. The van der Waals surface area contributed by atoms with Crippen LogP contribution in [0, 0.1) is 5.41 Å². The lowest BCUT2D eigenvalue weighted by atomic mass is 9.77. The van der Waals surface area contributed by atoms with Crippen LogP contribution in [0.3, 0.4) is 0 Å². The molecule has 1 atom stereocenters. The van der Waals surface area contributed by atoms with Crippen molar-refractivity contribution >= 4 is 5.91 Å². The lowest BCUT2D eigenvalue weighted by Gasteiger charge is -2.26. The Morgan fingerprint density at radius 3 is 2.17 bits per heavy atom. The zero-order valence-corrected chi connectivity index (χ0v) is 14.6. The number of amides is 1. The molecule has 126 valence electrons. The van der Waals surface area contributed by atoms with Gasteiger partial charge in [0.25, 0.3) is 0 Å². The van der Waals surface area contributed by atoms with Crippen molar-refractivity contribution in [2.24, 2.45) is 11.1 Å². The minimum absolute atomic E-state index is 0.0219. The smallest absolute Gasteiger partial charge is 0.224 e. The molecule has 0 radical (unpaired) electrons. The van der Waals surface area contributed by atoms with Gasteiger partial charge in [0.05, 0.1) is 12.5 Å². The molecular formula is C21H25NO2. The lowest BCUT2D eigenvalue weighted by Crippen LogP contribution is -2.31. The summed E-state index contributed by atoms with van der Waals surface area (Å²) in [6, 6.07) is 16.6. The average molecular weight is 323 g/mol. The summed E-state index contributed by atoms with van der Waals surface area (Å²) >= 11 is 0. The first-order valence-corrected chi connectivity index (χ1v) is 8.51. The van der Waals surface area contributed by atoms with Crippen LogP contribution < -0.4 is 10.5 Å². The van der Waals surface area contributed by atoms with E-state index >= 15 is 0 Å². The second-order valence-electron chi connectivity index (χ2n) is 7.05. The molecule has 24 heavy (non-hydrogen) atoms. The molecule has 0 aliphatic heterocycles. The number of carbonyl (C=O) groups is 1. The molecule has 2 aromatic rings. The van der Waals surface area contributed by atoms with Crippen LogP contribution in [-0.2, 0) is 4.79 Å². The molecule has 2 aromatic carbocycles. The lowest BCUT2D eigenvalue weighted by molar-refractivity contribution is -0.123. The standard InChI is InChI=1S/C21H25NO2/c1-14(2)15-7-9-16(10-8-15)19(21(11-12-21)20(22)23)17-5-4-6-18(13-17)24-3/h4-10,13-14,19H,11-12H2,1-3H3,(H2,22,23). The summed E-state index contributed by atoms with van der Waals surface area (Å²) in [4.78, 5) is 12.2. The molecule has 0 saturated heterocycles. The Labute approximate surface area is 143 Å². The largest absolute Gasteiger partial charge is 0.497 e. The van der Waals surface area contributed by atoms with E-state index in [1.54, 1.807) is 7.11 Å². The van der Waals surface area contributed by atoms with Crippen LogP contribution >= 0.6 is 0 Å². The number of benzene rings is 2. The van der Waals surface area contributed by atoms with Crippen molar-refractivity contribution < 1.29 is 9.53 Å². The van der Waals surface area contributed by atoms with E-state index in [9.17, 15) is 4.79 Å². The third-order valence-corrected chi connectivity index (χ3v) is 5.20. The van der Waals surface area contributed by atoms with Gasteiger partial charge in [0.2, 0.25) is 5.91 Å². The van der Waals surface area contributed by atoms with E-state index < -0.39 is 5.41 Å². The van der Waals surface area contributed by atoms with Gasteiger partial charge in [0.1, 0.15) is 5.75 Å². The molecule has 1 fully saturated rings. The summed E-state index contributed by atoms with van der Waals surface area (Å²) in [7, 11) is 1.66. The first-order valence-electron chi connectivity index (χ1n) is 8.51. The first kappa shape index (κ1) is 16.6. The van der Waals surface area contributed by atoms with E-state index in [0.717, 1.165) is 29.7 Å². The molecule has 3 rings (SSSR count). The normalized spacial score (nSPS) is 16.7. The maximum absolute atomic E-state index is 12.2. The topological polar surface area (TPSA) is 52.3 Å². The number of hydrogen-bond acceptors (Lipinski definition) is 2. The van der Waals surface area contributed by atoms with Crippen molar-refractivity contribution in [3.63, 3.8) is 0 Å². The Balaban J connectivity index is 2.07. The second-order valence-corrected chi connectivity index (χ2v) is 7.05. The average Bonchev–Trinajstić information content (AvgIpc) is 3.37. The Bertz CT molecular complexity index is 730. The molecule has 1 unspecified atom stereocenters. The fourth-order valence-electron chi connectivity index (χ4n) is 3.54. The van der Waals surface area contributed by atoms with Gasteiger partial charge in [-0.25, -0.2) is 0 Å². The SMILES string of the molecule is COc1cccc(C(c2ccc(C(C)C)cc2)C2(C(N)=O)CC2)c1. The van der Waals surface area contributed by atoms with E-state index in [2.05, 4.69) is 44.2 Å². The van der Waals surface area contributed by atoms with Crippen molar-refractivity contribution in [2.75, 3.05) is 7.11 Å². The highest BCUT2D eigenvalue weighted by atomic mass is 16.5. The van der Waals surface area contributed by atoms with Crippen molar-refractivity contribution in [3.8, 4) is 5.75 Å². The molecular weight excluding hydrogens is 298 g/mol. The third-order valence-electron chi connectivity index (χ3n) is 5.20. The van der Waals surface area contributed by atoms with Gasteiger partial charge in [0.15, 0.2) is 0 Å². The van der Waals surface area contributed by atoms with E-state index in [1.807, 2.05) is 18.2 Å². The number of rotatable bonds is 6. The van der Waals surface area contributed by atoms with Crippen molar-refractivity contribution in [3.05, 3.63) is 65.2 Å². The molecule has 0 heterocycles. The zero-order valence-electron chi connectivity index (χ0n) is 14.6. The summed E-state index contributed by atoms with van der Waals surface area (Å²) in [5.74, 6) is 1.06. The van der Waals surface area contributed by atoms with Crippen LogP contribution in [0.25, 0.3) is 0 Å². The van der Waals surface area contributed by atoms with Gasteiger partial charge in [0, 0.05) is 5.92 Å². The van der Waals surface area contributed by atoms with Gasteiger partial charge in [-0.15, -0.1) is 0 Å². The molecule has 1 aliphatic rings. The highest BCUT2D eigenvalue weighted by molar-refractivity contribution is 5.85. The van der Waals surface area contributed by atoms with Gasteiger partial charge < -0.3 is 10.5 Å². The van der Waals surface area contributed by atoms with Gasteiger partial charge in [-0.3, -0.25) is 4.79 Å². The van der Waals surface area contributed by atoms with Gasteiger partial charge >= 0.3 is 0 Å². The molecule has 3 heteroatoms. The minimum Gasteiger partial charge on any atom is -0.497 e. The Kier molecular flexibility index (Phi) is 4.35. The molecule has 3 nitrogen and oxygen atoms in total. The van der Waals surface area contributed by atoms with Crippen LogP contribution in [0.1, 0.15) is 55.2 Å². The quantitative estimate of drug-likeness (QED) is 0.865. The summed E-state index contributed by atoms with van der Waals surface area (Å²) in [5.41, 5.74) is 8.85. The highest BCUT2D eigenvalue weighted by Crippen LogP contribution is 2.58. The van der Waals surface area contributed by atoms with Crippen LogP contribution in [0.2, 0.25) is 0 Å². The predicted octanol–water partition coefficient (Wildman–Crippen LogP) is 4.22. The summed E-state index contributed by atoms with van der Waals surface area (Å²) < 4.78 is 5.37. The Hall–Kier alpha value is -2.29. The minimum atomic E-state index is -0.467. The van der Waals surface area contributed by atoms with Crippen LogP contribution in [0.5, 0.6) is 5.75 Å². The fourth-order valence-corrected chi connectivity index (χ4v) is 3.54. The van der Waals surface area contributed by atoms with Crippen LogP contribution in [0.15, 0.2) is 48.5 Å². The molecule has 0 aromatic heterocycles. The number of carbonyl (C=O) groups excluding carboxylic acids is 1. The molecule has 1 aliphatic carbocycles. The number of nitrogens with two attached hydrogens (primary N) is 1. The number of methoxy groups -OCH3 is 1. The molecule has 0 bridgehead atoms. The second kappa shape index (κ2) is 6.31. The van der Waals surface area contributed by atoms with Gasteiger partial charge in [-0.1, -0.05) is 50.2 Å². The van der Waals surface area contributed by atoms with E-state index in [-0.39, 0.29) is 11.8 Å². The molecule has 1 saturated carbocycles. The van der Waals surface area contributed by atoms with E-state index in [1.165, 1.54) is 5.56 Å². The third kappa shape index (κ3) is 2.91. The number of ether oxygens (including phenoxy) is 1. The number of hydrogen-bond donors (Lipinski definition) is 1. The van der Waals surface area contributed by atoms with Crippen molar-refractivity contribution in [2.45, 2.75) is 38.5 Å². The monoisotopic (exact) mass is 323 g/mol.